The summed E-state index contributed by atoms with van der Waals surface area (Å²) in [4.78, 5) is 28.5. The molecule has 1 aliphatic carbocycles. The number of aliphatic carboxylic acids is 1. The van der Waals surface area contributed by atoms with E-state index in [2.05, 4.69) is 17.2 Å². The van der Waals surface area contributed by atoms with Crippen LogP contribution in [0.25, 0.3) is 10.6 Å². The van der Waals surface area contributed by atoms with Gasteiger partial charge in [-0.15, -0.1) is 11.3 Å². The summed E-state index contributed by atoms with van der Waals surface area (Å²) in [6.07, 6.45) is 2.47. The van der Waals surface area contributed by atoms with E-state index in [1.54, 1.807) is 17.5 Å². The third-order valence-corrected chi connectivity index (χ3v) is 5.82. The molecule has 0 unspecified atom stereocenters. The zero-order valence-corrected chi connectivity index (χ0v) is 15.3. The van der Waals surface area contributed by atoms with E-state index in [-0.39, 0.29) is 18.1 Å². The van der Waals surface area contributed by atoms with Gasteiger partial charge in [-0.2, -0.15) is 0 Å². The number of halogens is 1. The maximum atomic E-state index is 13.3. The first-order valence-corrected chi connectivity index (χ1v) is 9.51. The molecule has 0 atom stereocenters. The van der Waals surface area contributed by atoms with Gasteiger partial charge in [0.05, 0.1) is 12.1 Å². The van der Waals surface area contributed by atoms with Crippen LogP contribution in [0.15, 0.2) is 29.6 Å². The molecule has 0 saturated heterocycles. The number of carbonyl (C=O) groups excluding carboxylic acids is 1. The van der Waals surface area contributed by atoms with Crippen molar-refractivity contribution >= 4 is 23.2 Å². The molecule has 138 valence electrons. The summed E-state index contributed by atoms with van der Waals surface area (Å²) in [6.45, 7) is 2.09. The maximum absolute atomic E-state index is 13.3. The number of rotatable bonds is 5. The lowest BCUT2D eigenvalue weighted by atomic mass is 9.77. The normalized spacial score (nSPS) is 22.8. The second-order valence-electron chi connectivity index (χ2n) is 6.95. The van der Waals surface area contributed by atoms with Crippen LogP contribution in [0.2, 0.25) is 0 Å². The molecule has 0 spiro atoms. The Morgan fingerprint density at radius 3 is 2.77 bits per heavy atom. The van der Waals surface area contributed by atoms with E-state index in [9.17, 15) is 19.1 Å². The van der Waals surface area contributed by atoms with E-state index in [0.29, 0.717) is 35.0 Å². The summed E-state index contributed by atoms with van der Waals surface area (Å²) >= 11 is 1.33. The first-order chi connectivity index (χ1) is 12.4. The van der Waals surface area contributed by atoms with Crippen molar-refractivity contribution < 1.29 is 19.1 Å². The molecule has 5 nitrogen and oxygen atoms in total. The van der Waals surface area contributed by atoms with E-state index >= 15 is 0 Å². The maximum Gasteiger partial charge on any atom is 0.329 e. The van der Waals surface area contributed by atoms with Crippen LogP contribution in [0.3, 0.4) is 0 Å². The fourth-order valence-electron chi connectivity index (χ4n) is 3.27. The zero-order valence-electron chi connectivity index (χ0n) is 14.5. The Kier molecular flexibility index (Phi) is 5.36. The van der Waals surface area contributed by atoms with Crippen LogP contribution in [-0.2, 0) is 16.0 Å². The van der Waals surface area contributed by atoms with Crippen LogP contribution in [0.4, 0.5) is 4.39 Å². The van der Waals surface area contributed by atoms with Gasteiger partial charge in [-0.25, -0.2) is 14.2 Å². The second kappa shape index (κ2) is 7.53. The first kappa shape index (κ1) is 18.5. The summed E-state index contributed by atoms with van der Waals surface area (Å²) in [7, 11) is 0. The topological polar surface area (TPSA) is 79.3 Å². The number of thiazole rings is 1. The van der Waals surface area contributed by atoms with Crippen LogP contribution in [-0.4, -0.2) is 27.5 Å². The average molecular weight is 376 g/mol. The van der Waals surface area contributed by atoms with Gasteiger partial charge in [-0.05, 0) is 43.7 Å². The molecule has 0 bridgehead atoms. The highest BCUT2D eigenvalue weighted by Gasteiger charge is 2.42. The van der Waals surface area contributed by atoms with Gasteiger partial charge in [-0.3, -0.25) is 4.79 Å². The van der Waals surface area contributed by atoms with Crippen LogP contribution >= 0.6 is 11.3 Å². The Morgan fingerprint density at radius 2 is 2.12 bits per heavy atom. The van der Waals surface area contributed by atoms with Gasteiger partial charge in [-0.1, -0.05) is 19.1 Å². The predicted molar refractivity (Wildman–Crippen MR) is 97.4 cm³/mol. The largest absolute Gasteiger partial charge is 0.480 e. The van der Waals surface area contributed by atoms with Gasteiger partial charge in [0.15, 0.2) is 0 Å². The number of hydrogen-bond donors (Lipinski definition) is 2. The average Bonchev–Trinajstić information content (AvgIpc) is 3.05. The standard InChI is InChI=1S/C19H21FN2O3S/c1-12-5-7-19(8-6-12,18(24)25)22-16(23)10-15-11-26-17(21-15)13-3-2-4-14(20)9-13/h2-4,9,11-12H,5-8,10H2,1H3,(H,22,23)(H,24,25). The Morgan fingerprint density at radius 1 is 1.38 bits per heavy atom. The molecule has 3 rings (SSSR count). The first-order valence-electron chi connectivity index (χ1n) is 8.63. The molecule has 2 N–H and O–H groups in total. The van der Waals surface area contributed by atoms with Crippen LogP contribution < -0.4 is 5.32 Å². The van der Waals surface area contributed by atoms with Crippen LogP contribution in [0.5, 0.6) is 0 Å². The Labute approximate surface area is 155 Å². The molecule has 2 aromatic rings. The Balaban J connectivity index is 1.67. The molecular formula is C19H21FN2O3S. The van der Waals surface area contributed by atoms with Crippen molar-refractivity contribution in [1.29, 1.82) is 0 Å². The highest BCUT2D eigenvalue weighted by atomic mass is 32.1. The Bertz CT molecular complexity index is 813. The van der Waals surface area contributed by atoms with Gasteiger partial charge in [0, 0.05) is 10.9 Å². The highest BCUT2D eigenvalue weighted by molar-refractivity contribution is 7.13. The van der Waals surface area contributed by atoms with E-state index < -0.39 is 11.5 Å². The number of nitrogens with zero attached hydrogens (tertiary/aromatic N) is 1. The molecule has 1 heterocycles. The number of aromatic nitrogens is 1. The number of carboxylic acids is 1. The molecule has 26 heavy (non-hydrogen) atoms. The summed E-state index contributed by atoms with van der Waals surface area (Å²) < 4.78 is 13.3. The van der Waals surface area contributed by atoms with Crippen molar-refractivity contribution in [2.24, 2.45) is 5.92 Å². The summed E-state index contributed by atoms with van der Waals surface area (Å²) in [5.41, 5.74) is 0.0340. The third-order valence-electron chi connectivity index (χ3n) is 4.88. The van der Waals surface area contributed by atoms with Crippen molar-refractivity contribution in [1.82, 2.24) is 10.3 Å². The van der Waals surface area contributed by atoms with E-state index in [0.717, 1.165) is 12.8 Å². The summed E-state index contributed by atoms with van der Waals surface area (Å²) in [5.74, 6) is -1.19. The van der Waals surface area contributed by atoms with Crippen LogP contribution in [0, 0.1) is 11.7 Å². The van der Waals surface area contributed by atoms with Gasteiger partial charge < -0.3 is 10.4 Å². The van der Waals surface area contributed by atoms with Crippen molar-refractivity contribution in [3.8, 4) is 10.6 Å². The van der Waals surface area contributed by atoms with E-state index in [1.165, 1.54) is 23.5 Å². The molecular weight excluding hydrogens is 355 g/mol. The van der Waals surface area contributed by atoms with Gasteiger partial charge in [0.2, 0.25) is 5.91 Å². The van der Waals surface area contributed by atoms with Crippen molar-refractivity contribution in [2.75, 3.05) is 0 Å². The predicted octanol–water partition coefficient (Wildman–Crippen LogP) is 3.64. The zero-order chi connectivity index (χ0) is 18.7. The second-order valence-corrected chi connectivity index (χ2v) is 7.81. The fraction of sp³-hybridized carbons (Fsp3) is 0.421. The fourth-order valence-corrected chi connectivity index (χ4v) is 4.08. The minimum absolute atomic E-state index is 0.0103. The van der Waals surface area contributed by atoms with Crippen molar-refractivity contribution in [3.05, 3.63) is 41.2 Å². The van der Waals surface area contributed by atoms with Gasteiger partial charge in [0.25, 0.3) is 0 Å². The third kappa shape index (κ3) is 4.09. The quantitative estimate of drug-likeness (QED) is 0.835. The smallest absolute Gasteiger partial charge is 0.329 e. The molecule has 7 heteroatoms. The van der Waals surface area contributed by atoms with Crippen molar-refractivity contribution in [2.45, 2.75) is 44.6 Å². The highest BCUT2D eigenvalue weighted by Crippen LogP contribution is 2.32. The summed E-state index contributed by atoms with van der Waals surface area (Å²) in [5, 5.41) is 14.7. The number of benzene rings is 1. The van der Waals surface area contributed by atoms with Crippen LogP contribution in [0.1, 0.15) is 38.3 Å². The Hall–Kier alpha value is -2.28. The molecule has 1 aromatic heterocycles. The lowest BCUT2D eigenvalue weighted by Crippen LogP contribution is -2.56. The number of nitrogens with one attached hydrogen (secondary N) is 1. The van der Waals surface area contributed by atoms with Gasteiger partial charge in [0.1, 0.15) is 16.4 Å². The lowest BCUT2D eigenvalue weighted by Gasteiger charge is -2.36. The SMILES string of the molecule is CC1CCC(NC(=O)Cc2csc(-c3cccc(F)c3)n2)(C(=O)O)CC1. The van der Waals surface area contributed by atoms with Crippen molar-refractivity contribution in [3.63, 3.8) is 0 Å². The number of hydrogen-bond acceptors (Lipinski definition) is 4. The minimum atomic E-state index is -1.18. The monoisotopic (exact) mass is 376 g/mol. The lowest BCUT2D eigenvalue weighted by molar-refractivity contribution is -0.149. The molecule has 0 aliphatic heterocycles. The minimum Gasteiger partial charge on any atom is -0.480 e. The molecule has 1 aromatic carbocycles. The molecule has 1 fully saturated rings. The van der Waals surface area contributed by atoms with Gasteiger partial charge >= 0.3 is 5.97 Å². The molecule has 1 amide bonds. The number of amides is 1. The molecule has 1 saturated carbocycles. The van der Waals surface area contributed by atoms with E-state index in [1.807, 2.05) is 0 Å². The molecule has 0 radical (unpaired) electrons. The summed E-state index contributed by atoms with van der Waals surface area (Å²) in [6, 6.07) is 6.13. The number of carbonyl (C=O) groups is 2. The van der Waals surface area contributed by atoms with E-state index in [4.69, 9.17) is 0 Å². The number of carboxylic acid groups (broad SMARTS) is 1. The molecule has 1 aliphatic rings.